The van der Waals surface area contributed by atoms with Gasteiger partial charge in [-0.2, -0.15) is 18.4 Å². The smallest absolute Gasteiger partial charge is 0.471 e. The van der Waals surface area contributed by atoms with E-state index in [9.17, 15) is 46.4 Å². The summed E-state index contributed by atoms with van der Waals surface area (Å²) in [5, 5.41) is 13.9. The molecule has 3 aliphatic rings. The second-order valence-electron chi connectivity index (χ2n) is 12.7. The van der Waals surface area contributed by atoms with Gasteiger partial charge < -0.3 is 29.9 Å². The van der Waals surface area contributed by atoms with Crippen molar-refractivity contribution in [1.82, 2.24) is 15.1 Å². The first-order chi connectivity index (χ1) is 20.8. The highest BCUT2D eigenvalue weighted by molar-refractivity contribution is 6.02. The average Bonchev–Trinajstić information content (AvgIpc) is 3.67. The van der Waals surface area contributed by atoms with Gasteiger partial charge in [-0.15, -0.1) is 0 Å². The minimum Gasteiger partial charge on any atom is -0.473 e. The average molecular weight is 644 g/mol. The maximum absolute atomic E-state index is 14.3. The molecule has 0 aromatic heterocycles. The van der Waals surface area contributed by atoms with Crippen molar-refractivity contribution in [3.63, 3.8) is 0 Å². The Morgan fingerprint density at radius 1 is 1.24 bits per heavy atom. The Hall–Kier alpha value is -4.00. The van der Waals surface area contributed by atoms with Gasteiger partial charge in [-0.1, -0.05) is 12.8 Å². The normalized spacial score (nSPS) is 23.3. The van der Waals surface area contributed by atoms with Crippen molar-refractivity contribution in [3.8, 4) is 11.8 Å². The largest absolute Gasteiger partial charge is 0.473 e. The van der Waals surface area contributed by atoms with Gasteiger partial charge in [0.25, 0.3) is 5.91 Å². The second-order valence-corrected chi connectivity index (χ2v) is 12.7. The van der Waals surface area contributed by atoms with Gasteiger partial charge in [-0.3, -0.25) is 19.2 Å². The lowest BCUT2D eigenvalue weighted by molar-refractivity contribution is -0.177. The number of halogens is 5. The number of hydrogen-bond acceptors (Lipinski definition) is 7. The maximum Gasteiger partial charge on any atom is 0.471 e. The number of carbonyl (C=O) groups is 4. The molecule has 45 heavy (non-hydrogen) atoms. The number of likely N-dealkylation sites (N-methyl/N-ethyl adjacent to an activating group) is 1. The Morgan fingerprint density at radius 3 is 2.44 bits per heavy atom. The molecule has 4 amide bonds. The van der Waals surface area contributed by atoms with Crippen LogP contribution in [-0.4, -0.2) is 88.6 Å². The molecule has 1 saturated heterocycles. The summed E-state index contributed by atoms with van der Waals surface area (Å²) in [5.41, 5.74) is -3.22. The third-order valence-electron chi connectivity index (χ3n) is 7.91. The number of nitrogens with one attached hydrogen (secondary N) is 2. The Kier molecular flexibility index (Phi) is 9.09. The molecule has 246 valence electrons. The number of anilines is 1. The van der Waals surface area contributed by atoms with Crippen molar-refractivity contribution in [1.29, 1.82) is 5.26 Å². The number of amides is 4. The predicted molar refractivity (Wildman–Crippen MR) is 146 cm³/mol. The van der Waals surface area contributed by atoms with E-state index in [1.165, 1.54) is 14.0 Å². The van der Waals surface area contributed by atoms with Crippen LogP contribution >= 0.6 is 0 Å². The standard InChI is InChI=1S/C29H34F5N5O6/c1-14(44-27(2,3)4)21(36-26(43)29(32,33)34)24(41)38(5)19(8-15-6-7-15)23(40)39-13-28(11-17(39)12-35)25(42)37-22-18(31)9-16(30)10-20(22)45-28/h9-10,14-15,17,19,21H,6-8,11,13H2,1-5H3,(H,36,43)(H,37,42)/t14-,17+,19+,21+,28-/m1/s1. The van der Waals surface area contributed by atoms with Crippen molar-refractivity contribution in [2.75, 3.05) is 18.9 Å². The van der Waals surface area contributed by atoms with Gasteiger partial charge >= 0.3 is 12.1 Å². The fourth-order valence-corrected chi connectivity index (χ4v) is 5.58. The molecule has 0 bridgehead atoms. The number of carbonyl (C=O) groups excluding carboxylic acids is 4. The molecule has 1 spiro atoms. The maximum atomic E-state index is 14.3. The number of hydrogen-bond donors (Lipinski definition) is 2. The fourth-order valence-electron chi connectivity index (χ4n) is 5.58. The third-order valence-corrected chi connectivity index (χ3v) is 7.91. The minimum atomic E-state index is -5.31. The van der Waals surface area contributed by atoms with Crippen LogP contribution in [0.1, 0.15) is 53.4 Å². The highest BCUT2D eigenvalue weighted by Gasteiger charge is 2.57. The van der Waals surface area contributed by atoms with Crippen molar-refractivity contribution < 1.29 is 50.6 Å². The van der Waals surface area contributed by atoms with Crippen LogP contribution in [0.4, 0.5) is 27.6 Å². The predicted octanol–water partition coefficient (Wildman–Crippen LogP) is 3.04. The first-order valence-electron chi connectivity index (χ1n) is 14.3. The van der Waals surface area contributed by atoms with E-state index < -0.39 is 89.1 Å². The van der Waals surface area contributed by atoms with E-state index in [0.29, 0.717) is 18.9 Å². The van der Waals surface area contributed by atoms with E-state index in [4.69, 9.17) is 9.47 Å². The molecule has 2 fully saturated rings. The van der Waals surface area contributed by atoms with E-state index in [1.807, 2.05) is 6.07 Å². The summed E-state index contributed by atoms with van der Waals surface area (Å²) in [5.74, 6) is -7.50. The molecule has 1 saturated carbocycles. The first-order valence-corrected chi connectivity index (χ1v) is 14.3. The van der Waals surface area contributed by atoms with E-state index in [0.717, 1.165) is 15.9 Å². The first kappa shape index (κ1) is 33.9. The topological polar surface area (TPSA) is 141 Å². The van der Waals surface area contributed by atoms with Crippen LogP contribution < -0.4 is 15.4 Å². The van der Waals surface area contributed by atoms with Crippen molar-refractivity contribution in [2.45, 2.75) is 95.0 Å². The lowest BCUT2D eigenvalue weighted by Crippen LogP contribution is -2.61. The van der Waals surface area contributed by atoms with Crippen LogP contribution in [0.2, 0.25) is 0 Å². The molecule has 5 atom stereocenters. The van der Waals surface area contributed by atoms with Crippen molar-refractivity contribution >= 4 is 29.3 Å². The van der Waals surface area contributed by atoms with E-state index in [-0.39, 0.29) is 24.5 Å². The van der Waals surface area contributed by atoms with Gasteiger partial charge in [0.2, 0.25) is 17.4 Å². The molecular weight excluding hydrogens is 609 g/mol. The van der Waals surface area contributed by atoms with Gasteiger partial charge in [0.15, 0.2) is 11.6 Å². The monoisotopic (exact) mass is 643 g/mol. The van der Waals surface area contributed by atoms with Crippen molar-refractivity contribution in [2.24, 2.45) is 5.92 Å². The molecule has 11 nitrogen and oxygen atoms in total. The molecule has 1 aromatic rings. The number of nitrogens with zero attached hydrogens (tertiary/aromatic N) is 3. The van der Waals surface area contributed by atoms with Gasteiger partial charge in [-0.25, -0.2) is 8.78 Å². The highest BCUT2D eigenvalue weighted by Crippen LogP contribution is 2.43. The van der Waals surface area contributed by atoms with E-state index in [2.05, 4.69) is 5.32 Å². The van der Waals surface area contributed by atoms with Crippen LogP contribution in [0.15, 0.2) is 12.1 Å². The highest BCUT2D eigenvalue weighted by atomic mass is 19.4. The van der Waals surface area contributed by atoms with Crippen LogP contribution in [0, 0.1) is 28.9 Å². The molecule has 2 N–H and O–H groups in total. The molecule has 0 radical (unpaired) electrons. The Labute approximate surface area is 256 Å². The Bertz CT molecular complexity index is 1420. The number of benzene rings is 1. The molecule has 2 heterocycles. The lowest BCUT2D eigenvalue weighted by atomic mass is 9.97. The van der Waals surface area contributed by atoms with E-state index >= 15 is 0 Å². The Balaban J connectivity index is 1.63. The van der Waals surface area contributed by atoms with E-state index in [1.54, 1.807) is 26.1 Å². The fraction of sp³-hybridized carbons (Fsp3) is 0.621. The van der Waals surface area contributed by atoms with Gasteiger partial charge in [0.05, 0.1) is 24.3 Å². The number of alkyl halides is 3. The number of nitriles is 1. The zero-order valence-electron chi connectivity index (χ0n) is 25.3. The number of rotatable bonds is 8. The van der Waals surface area contributed by atoms with Gasteiger partial charge in [0.1, 0.15) is 29.6 Å². The SMILES string of the molecule is C[C@@H](OC(C)(C)C)[C@H](NC(=O)C(F)(F)F)C(=O)N(C)[C@@H](CC1CC1)C(=O)N1C[C@@]2(C[C@H]1C#N)Oc1cc(F)cc(F)c1NC2=O. The molecule has 2 aliphatic heterocycles. The minimum absolute atomic E-state index is 0.00943. The number of fused-ring (bicyclic) bond motifs is 1. The number of ether oxygens (including phenoxy) is 2. The van der Waals surface area contributed by atoms with Gasteiger partial charge in [-0.05, 0) is 40.0 Å². The van der Waals surface area contributed by atoms with Crippen molar-refractivity contribution in [3.05, 3.63) is 23.8 Å². The molecule has 16 heteroatoms. The number of likely N-dealkylation sites (tertiary alicyclic amines) is 1. The summed E-state index contributed by atoms with van der Waals surface area (Å²) in [6.07, 6.45) is -5.42. The summed E-state index contributed by atoms with van der Waals surface area (Å²) in [6.45, 7) is 5.61. The molecule has 0 unspecified atom stereocenters. The zero-order chi connectivity index (χ0) is 33.6. The molecule has 1 aromatic carbocycles. The summed E-state index contributed by atoms with van der Waals surface area (Å²) in [7, 11) is 1.20. The van der Waals surface area contributed by atoms with Crippen LogP contribution in [-0.2, 0) is 23.9 Å². The lowest BCUT2D eigenvalue weighted by Gasteiger charge is -2.37. The van der Waals surface area contributed by atoms with Crippen LogP contribution in [0.3, 0.4) is 0 Å². The zero-order valence-corrected chi connectivity index (χ0v) is 25.3. The van der Waals surface area contributed by atoms with Gasteiger partial charge in [0, 0.05) is 25.6 Å². The molecule has 4 rings (SSSR count). The Morgan fingerprint density at radius 2 is 1.89 bits per heavy atom. The summed E-state index contributed by atoms with van der Waals surface area (Å²) in [4.78, 5) is 54.9. The quantitative estimate of drug-likeness (QED) is 0.415. The summed E-state index contributed by atoms with van der Waals surface area (Å²) < 4.78 is 79.3. The van der Waals surface area contributed by atoms with Crippen LogP contribution in [0.5, 0.6) is 5.75 Å². The summed E-state index contributed by atoms with van der Waals surface area (Å²) in [6, 6.07) is -1.09. The third kappa shape index (κ3) is 7.29. The summed E-state index contributed by atoms with van der Waals surface area (Å²) >= 11 is 0. The van der Waals surface area contributed by atoms with Crippen LogP contribution in [0.25, 0.3) is 0 Å². The molecule has 1 aliphatic carbocycles. The second kappa shape index (κ2) is 12.1. The molecular formula is C29H34F5N5O6.